The van der Waals surface area contributed by atoms with E-state index in [1.165, 1.54) is 22.3 Å². The van der Waals surface area contributed by atoms with Crippen LogP contribution in [0.5, 0.6) is 0 Å². The van der Waals surface area contributed by atoms with Crippen molar-refractivity contribution >= 4 is 43.9 Å². The number of aromatic nitrogens is 2. The van der Waals surface area contributed by atoms with Crippen LogP contribution in [-0.4, -0.2) is 9.97 Å². The lowest BCUT2D eigenvalue weighted by Gasteiger charge is -2.23. The highest BCUT2D eigenvalue weighted by Crippen LogP contribution is 2.45. The van der Waals surface area contributed by atoms with E-state index in [1.807, 2.05) is 18.2 Å². The molecule has 0 amide bonds. The van der Waals surface area contributed by atoms with E-state index in [1.54, 1.807) is 18.5 Å². The monoisotopic (exact) mass is 611 g/mol. The molecule has 7 rings (SSSR count). The SMILES string of the molecule is [2H]C([2H])([2H])c1ccc(-c2cc(C(C)(C)C)ncn2)c2oc3c(ccc4oc5cc(-c6c(C(C)C)cc(C(C)C)cc6C(C)C)ccc5c43)c12. The van der Waals surface area contributed by atoms with E-state index in [0.717, 1.165) is 38.6 Å². The topological polar surface area (TPSA) is 52.1 Å². The van der Waals surface area contributed by atoms with Gasteiger partial charge in [-0.2, -0.15) is 0 Å². The minimum absolute atomic E-state index is 0.188. The van der Waals surface area contributed by atoms with Gasteiger partial charge in [-0.15, -0.1) is 0 Å². The molecule has 4 nitrogen and oxygen atoms in total. The molecule has 0 aliphatic carbocycles. The molecule has 0 bridgehead atoms. The highest BCUT2D eigenvalue weighted by molar-refractivity contribution is 6.23. The molecule has 0 aliphatic rings. The van der Waals surface area contributed by atoms with Gasteiger partial charge < -0.3 is 8.83 Å². The van der Waals surface area contributed by atoms with Gasteiger partial charge in [0.1, 0.15) is 28.7 Å². The molecular formula is C42H44N2O2. The molecule has 4 aromatic carbocycles. The summed E-state index contributed by atoms with van der Waals surface area (Å²) in [6, 6.07) is 20.5. The first-order valence-corrected chi connectivity index (χ1v) is 16.4. The molecular weight excluding hydrogens is 564 g/mol. The first kappa shape index (κ1) is 26.7. The molecule has 234 valence electrons. The fraction of sp³-hybridized carbons (Fsp3) is 0.333. The van der Waals surface area contributed by atoms with Gasteiger partial charge in [-0.1, -0.05) is 86.6 Å². The van der Waals surface area contributed by atoms with Crippen LogP contribution >= 0.6 is 0 Å². The van der Waals surface area contributed by atoms with E-state index in [2.05, 4.69) is 103 Å². The molecule has 46 heavy (non-hydrogen) atoms. The molecule has 0 atom stereocenters. The van der Waals surface area contributed by atoms with Crippen molar-refractivity contribution in [2.24, 2.45) is 0 Å². The van der Waals surface area contributed by atoms with Crippen molar-refractivity contribution in [2.75, 3.05) is 0 Å². The predicted octanol–water partition coefficient (Wildman–Crippen LogP) is 12.6. The van der Waals surface area contributed by atoms with Crippen molar-refractivity contribution < 1.29 is 12.9 Å². The number of benzene rings is 4. The van der Waals surface area contributed by atoms with E-state index < -0.39 is 6.85 Å². The summed E-state index contributed by atoms with van der Waals surface area (Å²) in [5, 5.41) is 3.07. The third kappa shape index (κ3) is 4.81. The zero-order valence-electron chi connectivity index (χ0n) is 31.3. The Morgan fingerprint density at radius 1 is 0.674 bits per heavy atom. The summed E-state index contributed by atoms with van der Waals surface area (Å²) >= 11 is 0. The van der Waals surface area contributed by atoms with Gasteiger partial charge >= 0.3 is 0 Å². The van der Waals surface area contributed by atoms with Crippen molar-refractivity contribution in [3.8, 4) is 22.4 Å². The molecule has 0 spiro atoms. The molecule has 3 aromatic heterocycles. The normalized spacial score (nSPS) is 14.0. The van der Waals surface area contributed by atoms with Gasteiger partial charge in [-0.05, 0) is 94.4 Å². The number of rotatable bonds is 5. The fourth-order valence-electron chi connectivity index (χ4n) is 6.76. The van der Waals surface area contributed by atoms with Gasteiger partial charge in [0, 0.05) is 36.9 Å². The predicted molar refractivity (Wildman–Crippen MR) is 193 cm³/mol. The van der Waals surface area contributed by atoms with Gasteiger partial charge in [-0.25, -0.2) is 9.97 Å². The van der Waals surface area contributed by atoms with Crippen LogP contribution in [0.1, 0.15) is 112 Å². The van der Waals surface area contributed by atoms with Crippen molar-refractivity contribution in [3.05, 3.63) is 94.9 Å². The van der Waals surface area contributed by atoms with Gasteiger partial charge in [0.15, 0.2) is 0 Å². The maximum atomic E-state index is 8.41. The van der Waals surface area contributed by atoms with Crippen molar-refractivity contribution in [1.82, 2.24) is 9.97 Å². The van der Waals surface area contributed by atoms with Crippen molar-refractivity contribution in [3.63, 3.8) is 0 Å². The molecule has 0 radical (unpaired) electrons. The summed E-state index contributed by atoms with van der Waals surface area (Å²) < 4.78 is 38.5. The summed E-state index contributed by atoms with van der Waals surface area (Å²) in [4.78, 5) is 9.11. The largest absolute Gasteiger partial charge is 0.456 e. The maximum absolute atomic E-state index is 8.41. The zero-order valence-corrected chi connectivity index (χ0v) is 28.3. The average Bonchev–Trinajstić information content (AvgIpc) is 3.61. The third-order valence-corrected chi connectivity index (χ3v) is 9.35. The Labute approximate surface area is 276 Å². The number of aryl methyl sites for hydroxylation is 1. The number of fused-ring (bicyclic) bond motifs is 7. The van der Waals surface area contributed by atoms with E-state index in [9.17, 15) is 0 Å². The van der Waals surface area contributed by atoms with E-state index in [-0.39, 0.29) is 11.0 Å². The second-order valence-corrected chi connectivity index (χ2v) is 14.7. The first-order valence-electron chi connectivity index (χ1n) is 17.9. The smallest absolute Gasteiger partial charge is 0.147 e. The fourth-order valence-corrected chi connectivity index (χ4v) is 6.76. The molecule has 4 heteroatoms. The second kappa shape index (κ2) is 10.8. The van der Waals surface area contributed by atoms with E-state index in [4.69, 9.17) is 12.9 Å². The molecule has 7 aromatic rings. The quantitative estimate of drug-likeness (QED) is 0.194. The molecule has 0 aliphatic heterocycles. The van der Waals surface area contributed by atoms with Gasteiger partial charge in [0.25, 0.3) is 0 Å². The van der Waals surface area contributed by atoms with Crippen LogP contribution in [0, 0.1) is 6.85 Å². The number of nitrogens with zero attached hydrogens (tertiary/aromatic N) is 2. The summed E-state index contributed by atoms with van der Waals surface area (Å²) in [5.74, 6) is 1.14. The maximum Gasteiger partial charge on any atom is 0.147 e. The van der Waals surface area contributed by atoms with E-state index in [0.29, 0.717) is 45.6 Å². The van der Waals surface area contributed by atoms with Crippen LogP contribution in [0.4, 0.5) is 0 Å². The lowest BCUT2D eigenvalue weighted by Crippen LogP contribution is -2.13. The van der Waals surface area contributed by atoms with Crippen molar-refractivity contribution in [1.29, 1.82) is 0 Å². The Balaban J connectivity index is 1.50. The van der Waals surface area contributed by atoms with Crippen LogP contribution in [0.25, 0.3) is 66.3 Å². The molecule has 0 saturated carbocycles. The Morgan fingerprint density at radius 3 is 2.04 bits per heavy atom. The number of furan rings is 2. The van der Waals surface area contributed by atoms with Gasteiger partial charge in [0.05, 0.1) is 11.1 Å². The third-order valence-electron chi connectivity index (χ3n) is 9.35. The molecule has 0 saturated heterocycles. The van der Waals surface area contributed by atoms with Gasteiger partial charge in [-0.3, -0.25) is 0 Å². The second-order valence-electron chi connectivity index (χ2n) is 14.7. The molecule has 3 heterocycles. The van der Waals surface area contributed by atoms with E-state index >= 15 is 0 Å². The number of hydrogen-bond acceptors (Lipinski definition) is 4. The minimum atomic E-state index is -2.34. The average molecular weight is 612 g/mol. The van der Waals surface area contributed by atoms with Crippen LogP contribution in [0.3, 0.4) is 0 Å². The van der Waals surface area contributed by atoms with Crippen LogP contribution in [0.2, 0.25) is 0 Å². The molecule has 0 unspecified atom stereocenters. The van der Waals surface area contributed by atoms with Gasteiger partial charge in [0.2, 0.25) is 0 Å². The lowest BCUT2D eigenvalue weighted by atomic mass is 9.81. The Hall–Kier alpha value is -4.44. The highest BCUT2D eigenvalue weighted by Gasteiger charge is 2.23. The Kier molecular flexibility index (Phi) is 6.30. The van der Waals surface area contributed by atoms with Crippen LogP contribution < -0.4 is 0 Å². The van der Waals surface area contributed by atoms with Crippen molar-refractivity contribution in [2.45, 2.75) is 92.3 Å². The Morgan fingerprint density at radius 2 is 1.39 bits per heavy atom. The Bertz CT molecular complexity index is 2370. The van der Waals surface area contributed by atoms with Crippen LogP contribution in [0.15, 0.2) is 75.8 Å². The molecule has 0 N–H and O–H groups in total. The number of hydrogen-bond donors (Lipinski definition) is 0. The summed E-state index contributed by atoms with van der Waals surface area (Å²) in [5.41, 5.74) is 11.4. The zero-order chi connectivity index (χ0) is 35.2. The standard InChI is InChI=1S/C42H44N2O2/c1-22(2)27-17-31(23(3)4)38(32(18-27)24(5)6)26-12-14-29-35(19-26)45-34-16-15-30-37-25(7)11-13-28(40(37)46-41(30)39(29)34)33-20-36(42(8,9)10)44-21-43-33/h11-24H,1-10H3/i7D3. The minimum Gasteiger partial charge on any atom is -0.456 e. The highest BCUT2D eigenvalue weighted by atomic mass is 16.3. The summed E-state index contributed by atoms with van der Waals surface area (Å²) in [7, 11) is 0. The van der Waals surface area contributed by atoms with Crippen LogP contribution in [-0.2, 0) is 5.41 Å². The molecule has 0 fully saturated rings. The first-order chi connectivity index (χ1) is 23.0. The summed E-state index contributed by atoms with van der Waals surface area (Å²) in [6.45, 7) is 17.5. The summed E-state index contributed by atoms with van der Waals surface area (Å²) in [6.07, 6.45) is 1.56. The lowest BCUT2D eigenvalue weighted by molar-refractivity contribution is 0.567.